The van der Waals surface area contributed by atoms with E-state index < -0.39 is 71.4 Å². The summed E-state index contributed by atoms with van der Waals surface area (Å²) < 4.78 is 76.3. The summed E-state index contributed by atoms with van der Waals surface area (Å²) in [6, 6.07) is 12.5. The number of ether oxygens (including phenoxy) is 4. The van der Waals surface area contributed by atoms with Crippen LogP contribution in [0.25, 0.3) is 22.3 Å². The summed E-state index contributed by atoms with van der Waals surface area (Å²) in [5.41, 5.74) is 8.26. The summed E-state index contributed by atoms with van der Waals surface area (Å²) in [4.78, 5) is 62.9. The van der Waals surface area contributed by atoms with Crippen LogP contribution in [-0.4, -0.2) is 98.2 Å². The molecule has 0 spiro atoms. The number of nitrogens with zero attached hydrogens (tertiary/aromatic N) is 1. The van der Waals surface area contributed by atoms with Gasteiger partial charge in [0.05, 0.1) is 38.1 Å². The molecule has 3 N–H and O–H groups in total. The van der Waals surface area contributed by atoms with E-state index in [1.54, 1.807) is 106 Å². The van der Waals surface area contributed by atoms with Gasteiger partial charge in [0.15, 0.2) is 0 Å². The Hall–Kier alpha value is -6.04. The highest BCUT2D eigenvalue weighted by atomic mass is 35.5. The molecule has 0 saturated carbocycles. The molecule has 76 heavy (non-hydrogen) atoms. The van der Waals surface area contributed by atoms with Crippen molar-refractivity contribution in [2.75, 3.05) is 39.4 Å². The van der Waals surface area contributed by atoms with E-state index in [0.717, 1.165) is 56.4 Å². The number of nitrogens with one attached hydrogen (secondary N) is 3. The van der Waals surface area contributed by atoms with Gasteiger partial charge in [-0.1, -0.05) is 12.1 Å². The van der Waals surface area contributed by atoms with Gasteiger partial charge in [-0.3, -0.25) is 19.3 Å². The maximum Gasteiger partial charge on any atom is 0.408 e. The molecule has 2 fully saturated rings. The summed E-state index contributed by atoms with van der Waals surface area (Å²) in [5, 5.41) is 8.08. The van der Waals surface area contributed by atoms with Gasteiger partial charge in [-0.2, -0.15) is 0 Å². The number of esters is 2. The molecule has 0 unspecified atom stereocenters. The summed E-state index contributed by atoms with van der Waals surface area (Å²) in [6.07, 6.45) is -2.52. The van der Waals surface area contributed by atoms with Crippen LogP contribution >= 0.6 is 12.4 Å². The van der Waals surface area contributed by atoms with Crippen LogP contribution in [0.1, 0.15) is 141 Å². The number of hydrogen-bond donors (Lipinski definition) is 3. The molecule has 2 atom stereocenters. The largest absolute Gasteiger partial charge is 0.466 e. The van der Waals surface area contributed by atoms with Gasteiger partial charge < -0.3 is 34.9 Å². The maximum absolute atomic E-state index is 15.5. The zero-order valence-corrected chi connectivity index (χ0v) is 47.2. The molecule has 4 aromatic rings. The number of likely N-dealkylation sites (tertiary alicyclic amines) is 1. The summed E-state index contributed by atoms with van der Waals surface area (Å²) in [7, 11) is 0. The van der Waals surface area contributed by atoms with Gasteiger partial charge >= 0.3 is 24.1 Å². The average molecular weight is 1090 g/mol. The standard InChI is InChI=1S/C29H38F2N2O4.C26H32FNO5.C3H6FN.ClH/c1-8-36-25(34)13-24(32-28(35)37-29(5,6)7)23-12-21(11-19(4)27(23)31)26-17(2)9-20(10-18(26)3)14-33-15-22(30)16-33;1-8-32-22(30)13-21(28-25(31)33-26(5,6)7)20-12-19(11-17(4)24(20)27)23-15(2)9-18(14-29)10-16(23)3;4-3-1-5-2-3;/h9-12,22,24H,8,13-16H2,1-7H3,(H,32,35);9-12,14,21H,8,13H2,1-7H3,(H,28,31);3,5H,1-2H2;1H/t24-;21-;;/m00../s1. The summed E-state index contributed by atoms with van der Waals surface area (Å²) in [6.45, 7) is 27.8. The molecule has 0 radical (unpaired) electrons. The fraction of sp³-hybridized carbons (Fsp3) is 0.500. The molecule has 2 amide bonds. The minimum atomic E-state index is -0.993. The van der Waals surface area contributed by atoms with Crippen molar-refractivity contribution in [2.24, 2.45) is 0 Å². The Balaban J connectivity index is 0.000000363. The molecule has 0 aromatic heterocycles. The maximum atomic E-state index is 15.5. The molecule has 4 aromatic carbocycles. The minimum absolute atomic E-state index is 0. The first-order chi connectivity index (χ1) is 35.0. The van der Waals surface area contributed by atoms with E-state index in [2.05, 4.69) is 33.0 Å². The van der Waals surface area contributed by atoms with Gasteiger partial charge in [-0.25, -0.2) is 27.2 Å². The van der Waals surface area contributed by atoms with E-state index in [9.17, 15) is 32.8 Å². The van der Waals surface area contributed by atoms with Crippen LogP contribution in [0, 0.1) is 53.2 Å². The van der Waals surface area contributed by atoms with Crippen LogP contribution in [0.2, 0.25) is 0 Å². The number of halogens is 5. The van der Waals surface area contributed by atoms with E-state index in [1.807, 2.05) is 27.7 Å². The first kappa shape index (κ1) is 64.2. The van der Waals surface area contributed by atoms with Gasteiger partial charge in [0, 0.05) is 49.4 Å². The molecule has 418 valence electrons. The Bertz CT molecular complexity index is 2630. The summed E-state index contributed by atoms with van der Waals surface area (Å²) >= 11 is 0. The third-order valence-electron chi connectivity index (χ3n) is 12.0. The lowest BCUT2D eigenvalue weighted by molar-refractivity contribution is -0.144. The van der Waals surface area contributed by atoms with Crippen molar-refractivity contribution in [3.63, 3.8) is 0 Å². The molecule has 6 rings (SSSR count). The Morgan fingerprint density at radius 1 is 0.632 bits per heavy atom. The number of aldehydes is 1. The number of carbonyl (C=O) groups is 5. The number of amides is 2. The molecular weight excluding hydrogens is 1010 g/mol. The number of aryl methyl sites for hydroxylation is 6. The van der Waals surface area contributed by atoms with Crippen LogP contribution in [0.3, 0.4) is 0 Å². The number of benzene rings is 4. The van der Waals surface area contributed by atoms with Crippen molar-refractivity contribution in [1.29, 1.82) is 0 Å². The smallest absolute Gasteiger partial charge is 0.408 e. The molecule has 2 aliphatic rings. The highest BCUT2D eigenvalue weighted by molar-refractivity contribution is 5.85. The van der Waals surface area contributed by atoms with Crippen molar-refractivity contribution in [2.45, 2.75) is 152 Å². The number of alkyl carbamates (subject to hydrolysis) is 2. The fourth-order valence-electron chi connectivity index (χ4n) is 8.81. The Morgan fingerprint density at radius 3 is 1.30 bits per heavy atom. The van der Waals surface area contributed by atoms with Crippen molar-refractivity contribution in [3.05, 3.63) is 116 Å². The van der Waals surface area contributed by atoms with Crippen LogP contribution in [0.15, 0.2) is 48.5 Å². The second kappa shape index (κ2) is 28.4. The van der Waals surface area contributed by atoms with Gasteiger partial charge in [0.25, 0.3) is 0 Å². The number of carbonyl (C=O) groups excluding carboxylic acids is 5. The average Bonchev–Trinajstić information content (AvgIpc) is 3.25. The van der Waals surface area contributed by atoms with E-state index in [4.69, 9.17) is 18.9 Å². The monoisotopic (exact) mass is 1080 g/mol. The van der Waals surface area contributed by atoms with E-state index in [1.165, 1.54) is 0 Å². The lowest BCUT2D eigenvalue weighted by Gasteiger charge is -2.34. The van der Waals surface area contributed by atoms with Crippen molar-refractivity contribution in [1.82, 2.24) is 20.9 Å². The quantitative estimate of drug-likeness (QED) is 0.0450. The van der Waals surface area contributed by atoms with E-state index >= 15 is 8.78 Å². The first-order valence-corrected chi connectivity index (χ1v) is 25.3. The third kappa shape index (κ3) is 19.2. The van der Waals surface area contributed by atoms with Gasteiger partial charge in [0.1, 0.15) is 41.5 Å². The molecule has 2 aliphatic heterocycles. The van der Waals surface area contributed by atoms with Crippen LogP contribution in [-0.2, 0) is 35.1 Å². The predicted molar refractivity (Wildman–Crippen MR) is 289 cm³/mol. The highest BCUT2D eigenvalue weighted by Crippen LogP contribution is 2.36. The summed E-state index contributed by atoms with van der Waals surface area (Å²) in [5.74, 6) is -2.14. The van der Waals surface area contributed by atoms with Crippen LogP contribution < -0.4 is 16.0 Å². The van der Waals surface area contributed by atoms with Crippen molar-refractivity contribution >= 4 is 42.8 Å². The van der Waals surface area contributed by atoms with E-state index in [0.29, 0.717) is 49.4 Å². The molecule has 0 bridgehead atoms. The number of alkyl halides is 2. The van der Waals surface area contributed by atoms with Crippen molar-refractivity contribution in [3.8, 4) is 22.3 Å². The third-order valence-corrected chi connectivity index (χ3v) is 12.0. The second-order valence-corrected chi connectivity index (χ2v) is 21.1. The first-order valence-electron chi connectivity index (χ1n) is 25.3. The molecule has 2 heterocycles. The highest BCUT2D eigenvalue weighted by Gasteiger charge is 2.30. The molecular formula is C58H77ClF4N4O9. The topological polar surface area (TPSA) is 162 Å². The lowest BCUT2D eigenvalue weighted by Crippen LogP contribution is -2.47. The zero-order valence-electron chi connectivity index (χ0n) is 46.4. The predicted octanol–water partition coefficient (Wildman–Crippen LogP) is 12.2. The van der Waals surface area contributed by atoms with Gasteiger partial charge in [-0.05, 0) is 195 Å². The number of hydrogen-bond acceptors (Lipinski definition) is 11. The second-order valence-electron chi connectivity index (χ2n) is 21.1. The lowest BCUT2D eigenvalue weighted by atomic mass is 9.89. The normalized spacial score (nSPS) is 14.3. The van der Waals surface area contributed by atoms with E-state index in [-0.39, 0.29) is 49.6 Å². The Morgan fingerprint density at radius 2 is 1.00 bits per heavy atom. The fourth-order valence-corrected chi connectivity index (χ4v) is 8.81. The molecule has 2 saturated heterocycles. The molecule has 0 aliphatic carbocycles. The SMILES string of the molecule is CCOC(=O)C[C@H](NC(=O)OC(C)(C)C)c1cc(-c2c(C)cc(C=O)cc2C)cc(C)c1F.CCOC(=O)C[C@H](NC(=O)OC(C)(C)C)c1cc(-c2c(C)cc(CN3CC(F)C3)cc2C)cc(C)c1F.Cl.FC1CNC1. The van der Waals surface area contributed by atoms with Crippen LogP contribution in [0.4, 0.5) is 27.2 Å². The Kier molecular flexibility index (Phi) is 24.0. The van der Waals surface area contributed by atoms with Crippen LogP contribution in [0.5, 0.6) is 0 Å². The zero-order chi connectivity index (χ0) is 56.1. The minimum Gasteiger partial charge on any atom is -0.466 e. The van der Waals surface area contributed by atoms with Gasteiger partial charge in [0.2, 0.25) is 0 Å². The number of rotatable bonds is 15. The van der Waals surface area contributed by atoms with Crippen molar-refractivity contribution < 1.29 is 60.5 Å². The van der Waals surface area contributed by atoms with Gasteiger partial charge in [-0.15, -0.1) is 12.4 Å². The molecule has 18 heteroatoms. The molecule has 13 nitrogen and oxygen atoms in total. The Labute approximate surface area is 451 Å².